The van der Waals surface area contributed by atoms with Gasteiger partial charge in [-0.3, -0.25) is 4.79 Å². The molecule has 2 N–H and O–H groups in total. The van der Waals surface area contributed by atoms with Crippen LogP contribution in [0.3, 0.4) is 0 Å². The van der Waals surface area contributed by atoms with E-state index in [0.29, 0.717) is 5.56 Å². The lowest BCUT2D eigenvalue weighted by atomic mass is 10.2. The molecule has 1 amide bonds. The van der Waals surface area contributed by atoms with E-state index in [1.165, 1.54) is 4.90 Å². The summed E-state index contributed by atoms with van der Waals surface area (Å²) in [6, 6.07) is 15.9. The zero-order valence-corrected chi connectivity index (χ0v) is 14.2. The van der Waals surface area contributed by atoms with E-state index in [-0.39, 0.29) is 5.91 Å². The molecule has 2 aromatic rings. The van der Waals surface area contributed by atoms with Crippen molar-refractivity contribution in [3.05, 3.63) is 54.1 Å². The van der Waals surface area contributed by atoms with Gasteiger partial charge in [-0.15, -0.1) is 0 Å². The summed E-state index contributed by atoms with van der Waals surface area (Å²) in [4.78, 5) is 14.2. The smallest absolute Gasteiger partial charge is 0.249 e. The SMILES string of the molecule is CCS(CC)(c1cccc(OC)c1)c1ccccc1C(N)=O. The monoisotopic (exact) mass is 317 g/mol. The number of benzene rings is 2. The maximum absolute atomic E-state index is 11.9. The van der Waals surface area contributed by atoms with Crippen LogP contribution in [0, 0.1) is 0 Å². The highest BCUT2D eigenvalue weighted by atomic mass is 32.3. The summed E-state index contributed by atoms with van der Waals surface area (Å²) in [6.07, 6.45) is 0. The zero-order chi connectivity index (χ0) is 16.2. The van der Waals surface area contributed by atoms with Gasteiger partial charge < -0.3 is 10.5 Å². The third-order valence-corrected chi connectivity index (χ3v) is 8.38. The largest absolute Gasteiger partial charge is 0.497 e. The van der Waals surface area contributed by atoms with Crippen molar-refractivity contribution < 1.29 is 9.53 Å². The number of primary amides is 1. The van der Waals surface area contributed by atoms with Gasteiger partial charge in [0.25, 0.3) is 0 Å². The maximum Gasteiger partial charge on any atom is 0.249 e. The molecular formula is C18H23NO2S. The molecule has 0 saturated carbocycles. The summed E-state index contributed by atoms with van der Waals surface area (Å²) in [5.41, 5.74) is 6.23. The van der Waals surface area contributed by atoms with Crippen molar-refractivity contribution in [3.8, 4) is 5.75 Å². The van der Waals surface area contributed by atoms with Crippen molar-refractivity contribution in [1.82, 2.24) is 0 Å². The fraction of sp³-hybridized carbons (Fsp3) is 0.278. The van der Waals surface area contributed by atoms with Gasteiger partial charge in [0.15, 0.2) is 0 Å². The number of hydrogen-bond donors (Lipinski definition) is 1. The first-order valence-electron chi connectivity index (χ1n) is 7.40. The van der Waals surface area contributed by atoms with Crippen molar-refractivity contribution in [1.29, 1.82) is 0 Å². The van der Waals surface area contributed by atoms with E-state index in [1.54, 1.807) is 7.11 Å². The molecule has 0 radical (unpaired) electrons. The number of methoxy groups -OCH3 is 1. The molecule has 0 unspecified atom stereocenters. The highest BCUT2D eigenvalue weighted by Gasteiger charge is 2.28. The number of carbonyl (C=O) groups excluding carboxylic acids is 1. The summed E-state index contributed by atoms with van der Waals surface area (Å²) in [5.74, 6) is 2.40. The lowest BCUT2D eigenvalue weighted by Gasteiger charge is -2.40. The number of nitrogens with two attached hydrogens (primary N) is 1. The van der Waals surface area contributed by atoms with Crippen LogP contribution in [-0.4, -0.2) is 24.5 Å². The molecule has 0 fully saturated rings. The topological polar surface area (TPSA) is 52.3 Å². The van der Waals surface area contributed by atoms with Crippen LogP contribution in [0.25, 0.3) is 0 Å². The van der Waals surface area contributed by atoms with E-state index >= 15 is 0 Å². The van der Waals surface area contributed by atoms with Crippen LogP contribution in [0.4, 0.5) is 0 Å². The normalized spacial score (nSPS) is 12.0. The standard InChI is InChI=1S/C18H23NO2S/c1-4-22(5-2,15-10-8-9-14(13-15)21-3)17-12-7-6-11-16(17)18(19)20/h6-13H,4-5H2,1-3H3,(H2,19,20). The first-order valence-corrected chi connectivity index (χ1v) is 9.37. The van der Waals surface area contributed by atoms with Crippen molar-refractivity contribution in [2.75, 3.05) is 18.6 Å². The van der Waals surface area contributed by atoms with E-state index in [2.05, 4.69) is 26.0 Å². The summed E-state index contributed by atoms with van der Waals surface area (Å²) in [5, 5.41) is 0. The Kier molecular flexibility index (Phi) is 5.14. The summed E-state index contributed by atoms with van der Waals surface area (Å²) >= 11 is 0. The summed E-state index contributed by atoms with van der Waals surface area (Å²) in [7, 11) is 0.353. The van der Waals surface area contributed by atoms with Gasteiger partial charge >= 0.3 is 0 Å². The van der Waals surface area contributed by atoms with Crippen molar-refractivity contribution in [3.63, 3.8) is 0 Å². The van der Waals surface area contributed by atoms with Crippen molar-refractivity contribution in [2.45, 2.75) is 23.6 Å². The number of carbonyl (C=O) groups is 1. The molecule has 0 aliphatic carbocycles. The van der Waals surface area contributed by atoms with Gasteiger partial charge in [0.05, 0.1) is 12.7 Å². The molecule has 0 aromatic heterocycles. The zero-order valence-electron chi connectivity index (χ0n) is 13.3. The first kappa shape index (κ1) is 16.4. The number of hydrogen-bond acceptors (Lipinski definition) is 2. The van der Waals surface area contributed by atoms with Crippen LogP contribution in [0.2, 0.25) is 0 Å². The summed E-state index contributed by atoms with van der Waals surface area (Å²) in [6.45, 7) is 4.35. The van der Waals surface area contributed by atoms with E-state index in [4.69, 9.17) is 10.5 Å². The molecule has 4 heteroatoms. The van der Waals surface area contributed by atoms with E-state index in [0.717, 1.165) is 22.2 Å². The van der Waals surface area contributed by atoms with E-state index < -0.39 is 10.0 Å². The van der Waals surface area contributed by atoms with E-state index in [9.17, 15) is 4.79 Å². The van der Waals surface area contributed by atoms with Gasteiger partial charge in [-0.2, -0.15) is 10.0 Å². The number of amides is 1. The van der Waals surface area contributed by atoms with Crippen LogP contribution >= 0.6 is 10.0 Å². The van der Waals surface area contributed by atoms with Gasteiger partial charge in [0.2, 0.25) is 5.91 Å². The Morgan fingerprint density at radius 3 is 2.36 bits per heavy atom. The Labute approximate surface area is 133 Å². The number of ether oxygens (including phenoxy) is 1. The quantitative estimate of drug-likeness (QED) is 0.873. The average Bonchev–Trinajstić information content (AvgIpc) is 2.57. The predicted molar refractivity (Wildman–Crippen MR) is 93.2 cm³/mol. The Morgan fingerprint density at radius 2 is 1.77 bits per heavy atom. The predicted octanol–water partition coefficient (Wildman–Crippen LogP) is 4.06. The van der Waals surface area contributed by atoms with Gasteiger partial charge in [-0.05, 0) is 46.7 Å². The minimum atomic E-state index is -1.32. The van der Waals surface area contributed by atoms with Gasteiger partial charge in [-0.1, -0.05) is 32.0 Å². The minimum absolute atomic E-state index is 0.364. The lowest BCUT2D eigenvalue weighted by molar-refractivity contribution is 0.0997. The second kappa shape index (κ2) is 6.88. The van der Waals surface area contributed by atoms with Crippen LogP contribution < -0.4 is 10.5 Å². The molecule has 0 heterocycles. The van der Waals surface area contributed by atoms with Crippen LogP contribution in [0.15, 0.2) is 58.3 Å². The molecule has 0 atom stereocenters. The molecule has 118 valence electrons. The van der Waals surface area contributed by atoms with Crippen molar-refractivity contribution >= 4 is 15.9 Å². The van der Waals surface area contributed by atoms with E-state index in [1.807, 2.05) is 36.4 Å². The highest BCUT2D eigenvalue weighted by molar-refractivity contribution is 8.33. The third kappa shape index (κ3) is 2.83. The third-order valence-electron chi connectivity index (χ3n) is 4.05. The minimum Gasteiger partial charge on any atom is -0.497 e. The lowest BCUT2D eigenvalue weighted by Crippen LogP contribution is -2.17. The Bertz CT molecular complexity index is 666. The second-order valence-electron chi connectivity index (χ2n) is 5.00. The molecular weight excluding hydrogens is 294 g/mol. The van der Waals surface area contributed by atoms with Crippen LogP contribution in [0.5, 0.6) is 5.75 Å². The highest BCUT2D eigenvalue weighted by Crippen LogP contribution is 2.63. The van der Waals surface area contributed by atoms with Gasteiger partial charge in [-0.25, -0.2) is 0 Å². The molecule has 2 rings (SSSR count). The summed E-state index contributed by atoms with van der Waals surface area (Å²) < 4.78 is 5.37. The molecule has 0 aliphatic heterocycles. The van der Waals surface area contributed by atoms with Crippen LogP contribution in [-0.2, 0) is 0 Å². The molecule has 0 bridgehead atoms. The van der Waals surface area contributed by atoms with Gasteiger partial charge in [0, 0.05) is 4.90 Å². The first-order chi connectivity index (χ1) is 10.6. The Balaban J connectivity index is 2.70. The molecule has 3 nitrogen and oxygen atoms in total. The fourth-order valence-electron chi connectivity index (χ4n) is 2.83. The molecule has 0 aliphatic rings. The second-order valence-corrected chi connectivity index (χ2v) is 8.83. The van der Waals surface area contributed by atoms with Crippen molar-refractivity contribution in [2.24, 2.45) is 5.73 Å². The molecule has 0 saturated heterocycles. The molecule has 0 spiro atoms. The fourth-order valence-corrected chi connectivity index (χ4v) is 6.39. The Morgan fingerprint density at radius 1 is 1.09 bits per heavy atom. The average molecular weight is 317 g/mol. The molecule has 2 aromatic carbocycles. The van der Waals surface area contributed by atoms with Crippen LogP contribution in [0.1, 0.15) is 24.2 Å². The maximum atomic E-state index is 11.9. The Hall–Kier alpha value is -1.94. The molecule has 22 heavy (non-hydrogen) atoms. The van der Waals surface area contributed by atoms with Gasteiger partial charge in [0.1, 0.15) is 5.75 Å². The number of rotatable bonds is 6.